The molecule has 4 rings (SSSR count). The molecule has 1 fully saturated rings. The van der Waals surface area contributed by atoms with Gasteiger partial charge in [0.05, 0.1) is 23.7 Å². The zero-order valence-electron chi connectivity index (χ0n) is 19.9. The Labute approximate surface area is 203 Å². The Hall–Kier alpha value is -3.04. The van der Waals surface area contributed by atoms with Crippen molar-refractivity contribution in [2.24, 2.45) is 5.92 Å². The van der Waals surface area contributed by atoms with Crippen LogP contribution in [0.3, 0.4) is 0 Å². The third kappa shape index (κ3) is 6.09. The number of carbonyl (C=O) groups is 2. The molecule has 0 aliphatic carbocycles. The molecule has 0 saturated carbocycles. The van der Waals surface area contributed by atoms with Gasteiger partial charge in [0, 0.05) is 29.1 Å². The van der Waals surface area contributed by atoms with Crippen LogP contribution in [-0.2, 0) is 22.6 Å². The Morgan fingerprint density at radius 1 is 1.29 bits per heavy atom. The number of hydrogen-bond donors (Lipinski definition) is 2. The van der Waals surface area contributed by atoms with Gasteiger partial charge < -0.3 is 20.0 Å². The number of nitrogens with zero attached hydrogens (tertiary/aromatic N) is 3. The molecule has 1 unspecified atom stereocenters. The monoisotopic (exact) mass is 481 g/mol. The summed E-state index contributed by atoms with van der Waals surface area (Å²) in [4.78, 5) is 37.1. The third-order valence-corrected chi connectivity index (χ3v) is 7.14. The maximum atomic E-state index is 12.7. The summed E-state index contributed by atoms with van der Waals surface area (Å²) in [6, 6.07) is 7.51. The average Bonchev–Trinajstić information content (AvgIpc) is 3.41. The van der Waals surface area contributed by atoms with Crippen LogP contribution in [0.25, 0.3) is 11.5 Å². The van der Waals surface area contributed by atoms with Crippen molar-refractivity contribution in [2.75, 3.05) is 25.5 Å². The number of hydrogen-bond acceptors (Lipinski definition) is 7. The summed E-state index contributed by atoms with van der Waals surface area (Å²) in [6.45, 7) is 5.92. The average molecular weight is 482 g/mol. The largest absolute Gasteiger partial charge is 0.441 e. The molecule has 9 heteroatoms. The maximum absolute atomic E-state index is 12.7. The lowest BCUT2D eigenvalue weighted by Gasteiger charge is -2.28. The molecule has 2 aromatic heterocycles. The zero-order valence-corrected chi connectivity index (χ0v) is 20.7. The SMILES string of the molecule is Cc1ncsc1CCC(=O)NCc1nc(-c2cccc(NC(=O)C3CCCN(C)C3)c2)oc1C. The number of benzene rings is 1. The summed E-state index contributed by atoms with van der Waals surface area (Å²) >= 11 is 1.58. The predicted molar refractivity (Wildman–Crippen MR) is 133 cm³/mol. The number of thiazole rings is 1. The van der Waals surface area contributed by atoms with Crippen LogP contribution in [0.1, 0.15) is 41.3 Å². The van der Waals surface area contributed by atoms with Crippen molar-refractivity contribution in [3.05, 3.63) is 51.8 Å². The van der Waals surface area contributed by atoms with Gasteiger partial charge in [-0.15, -0.1) is 11.3 Å². The second-order valence-electron chi connectivity index (χ2n) is 8.83. The zero-order chi connectivity index (χ0) is 24.1. The van der Waals surface area contributed by atoms with E-state index in [4.69, 9.17) is 4.42 Å². The van der Waals surface area contributed by atoms with Gasteiger partial charge in [-0.3, -0.25) is 9.59 Å². The smallest absolute Gasteiger partial charge is 0.228 e. The topological polar surface area (TPSA) is 100 Å². The number of aryl methyl sites for hydroxylation is 3. The number of likely N-dealkylation sites (tertiary alicyclic amines) is 1. The lowest BCUT2D eigenvalue weighted by atomic mass is 9.97. The van der Waals surface area contributed by atoms with E-state index in [9.17, 15) is 9.59 Å². The van der Waals surface area contributed by atoms with Crippen molar-refractivity contribution < 1.29 is 14.0 Å². The molecule has 1 aliphatic heterocycles. The van der Waals surface area contributed by atoms with E-state index < -0.39 is 0 Å². The van der Waals surface area contributed by atoms with E-state index in [-0.39, 0.29) is 17.7 Å². The number of rotatable bonds is 8. The van der Waals surface area contributed by atoms with Crippen LogP contribution in [0, 0.1) is 19.8 Å². The molecule has 1 saturated heterocycles. The van der Waals surface area contributed by atoms with Crippen LogP contribution in [0.2, 0.25) is 0 Å². The van der Waals surface area contributed by atoms with Gasteiger partial charge in [-0.05, 0) is 64.9 Å². The summed E-state index contributed by atoms with van der Waals surface area (Å²) < 4.78 is 5.87. The molecule has 3 aromatic rings. The Morgan fingerprint density at radius 2 is 2.15 bits per heavy atom. The second-order valence-corrected chi connectivity index (χ2v) is 9.77. The van der Waals surface area contributed by atoms with Gasteiger partial charge in [-0.2, -0.15) is 0 Å². The lowest BCUT2D eigenvalue weighted by molar-refractivity contribution is -0.122. The molecule has 3 heterocycles. The van der Waals surface area contributed by atoms with E-state index in [1.165, 1.54) is 0 Å². The van der Waals surface area contributed by atoms with E-state index in [2.05, 4.69) is 25.5 Å². The van der Waals surface area contributed by atoms with E-state index in [0.717, 1.165) is 47.8 Å². The number of anilines is 1. The quantitative estimate of drug-likeness (QED) is 0.505. The Kier molecular flexibility index (Phi) is 7.74. The minimum atomic E-state index is -0.0326. The molecule has 34 heavy (non-hydrogen) atoms. The van der Waals surface area contributed by atoms with Crippen LogP contribution in [-0.4, -0.2) is 46.8 Å². The van der Waals surface area contributed by atoms with Gasteiger partial charge in [0.2, 0.25) is 17.7 Å². The van der Waals surface area contributed by atoms with E-state index in [1.807, 2.05) is 45.2 Å². The molecule has 8 nitrogen and oxygen atoms in total. The number of carbonyl (C=O) groups excluding carboxylic acids is 2. The third-order valence-electron chi connectivity index (χ3n) is 6.14. The Bertz CT molecular complexity index is 1160. The summed E-state index contributed by atoms with van der Waals surface area (Å²) in [5.41, 5.74) is 4.98. The maximum Gasteiger partial charge on any atom is 0.228 e. The van der Waals surface area contributed by atoms with Crippen LogP contribution < -0.4 is 10.6 Å². The predicted octanol–water partition coefficient (Wildman–Crippen LogP) is 3.94. The van der Waals surface area contributed by atoms with E-state index in [0.29, 0.717) is 36.7 Å². The van der Waals surface area contributed by atoms with Crippen LogP contribution >= 0.6 is 11.3 Å². The summed E-state index contributed by atoms with van der Waals surface area (Å²) in [5, 5.41) is 5.96. The molecule has 1 atom stereocenters. The Balaban J connectivity index is 1.34. The standard InChI is InChI=1S/C25H31N5O3S/c1-16-22(34-15-27-16)9-10-23(31)26-13-21-17(2)33-25(29-21)18-6-4-8-20(12-18)28-24(32)19-7-5-11-30(3)14-19/h4,6,8,12,15,19H,5,7,9-11,13-14H2,1-3H3,(H,26,31)(H,28,32). The van der Waals surface area contributed by atoms with E-state index >= 15 is 0 Å². The highest BCUT2D eigenvalue weighted by molar-refractivity contribution is 7.09. The fraction of sp³-hybridized carbons (Fsp3) is 0.440. The first-order valence-electron chi connectivity index (χ1n) is 11.6. The van der Waals surface area contributed by atoms with Crippen molar-refractivity contribution >= 4 is 28.8 Å². The van der Waals surface area contributed by atoms with Gasteiger partial charge in [0.15, 0.2) is 0 Å². The van der Waals surface area contributed by atoms with Crippen molar-refractivity contribution in [3.8, 4) is 11.5 Å². The number of aromatic nitrogens is 2. The van der Waals surface area contributed by atoms with Crippen molar-refractivity contribution in [3.63, 3.8) is 0 Å². The molecule has 2 N–H and O–H groups in total. The molecule has 1 aliphatic rings. The highest BCUT2D eigenvalue weighted by Gasteiger charge is 2.24. The van der Waals surface area contributed by atoms with Gasteiger partial charge >= 0.3 is 0 Å². The molecule has 0 spiro atoms. The molecular weight excluding hydrogens is 450 g/mol. The number of oxazole rings is 1. The summed E-state index contributed by atoms with van der Waals surface area (Å²) in [5.74, 6) is 1.14. The first-order valence-corrected chi connectivity index (χ1v) is 12.5. The Morgan fingerprint density at radius 3 is 2.91 bits per heavy atom. The molecule has 0 radical (unpaired) electrons. The second kappa shape index (κ2) is 10.9. The molecule has 1 aromatic carbocycles. The highest BCUT2D eigenvalue weighted by Crippen LogP contribution is 2.25. The minimum Gasteiger partial charge on any atom is -0.441 e. The van der Waals surface area contributed by atoms with Crippen molar-refractivity contribution in [2.45, 2.75) is 46.1 Å². The van der Waals surface area contributed by atoms with Gasteiger partial charge in [-0.1, -0.05) is 6.07 Å². The molecule has 0 bridgehead atoms. The van der Waals surface area contributed by atoms with Crippen molar-refractivity contribution in [1.29, 1.82) is 0 Å². The number of amides is 2. The normalized spacial score (nSPS) is 16.4. The number of piperidine rings is 1. The highest BCUT2D eigenvalue weighted by atomic mass is 32.1. The number of nitrogens with one attached hydrogen (secondary N) is 2. The fourth-order valence-corrected chi connectivity index (χ4v) is 4.92. The van der Waals surface area contributed by atoms with Crippen LogP contribution in [0.15, 0.2) is 34.2 Å². The van der Waals surface area contributed by atoms with Crippen LogP contribution in [0.4, 0.5) is 5.69 Å². The molecule has 2 amide bonds. The fourth-order valence-electron chi connectivity index (χ4n) is 4.13. The molecular formula is C25H31N5O3S. The van der Waals surface area contributed by atoms with Gasteiger partial charge in [0.1, 0.15) is 11.5 Å². The summed E-state index contributed by atoms with van der Waals surface area (Å²) in [6.07, 6.45) is 3.04. The molecule has 180 valence electrons. The first kappa shape index (κ1) is 24.1. The minimum absolute atomic E-state index is 0.00148. The van der Waals surface area contributed by atoms with Gasteiger partial charge in [0.25, 0.3) is 0 Å². The van der Waals surface area contributed by atoms with Crippen molar-refractivity contribution in [1.82, 2.24) is 20.2 Å². The first-order chi connectivity index (χ1) is 16.4. The van der Waals surface area contributed by atoms with Gasteiger partial charge in [-0.25, -0.2) is 9.97 Å². The lowest BCUT2D eigenvalue weighted by Crippen LogP contribution is -2.38. The van der Waals surface area contributed by atoms with E-state index in [1.54, 1.807) is 16.8 Å². The summed E-state index contributed by atoms with van der Waals surface area (Å²) in [7, 11) is 2.05. The van der Waals surface area contributed by atoms with Crippen LogP contribution in [0.5, 0.6) is 0 Å².